The molecule has 7 heteroatoms. The molecule has 1 aromatic carbocycles. The van der Waals surface area contributed by atoms with Gasteiger partial charge in [-0.25, -0.2) is 4.79 Å². The van der Waals surface area contributed by atoms with Gasteiger partial charge >= 0.3 is 5.97 Å². The quantitative estimate of drug-likeness (QED) is 0.716. The summed E-state index contributed by atoms with van der Waals surface area (Å²) in [6.45, 7) is 3.43. The fourth-order valence-corrected chi connectivity index (χ4v) is 2.35. The van der Waals surface area contributed by atoms with Crippen LogP contribution in [0.25, 0.3) is 11.0 Å². The van der Waals surface area contributed by atoms with E-state index in [2.05, 4.69) is 10.6 Å². The van der Waals surface area contributed by atoms with E-state index in [0.717, 1.165) is 0 Å². The predicted molar refractivity (Wildman–Crippen MR) is 87.6 cm³/mol. The molecule has 0 aliphatic carbocycles. The number of carbonyl (C=O) groups excluding carboxylic acids is 2. The lowest BCUT2D eigenvalue weighted by Gasteiger charge is -2.16. The van der Waals surface area contributed by atoms with Crippen LogP contribution < -0.4 is 10.6 Å². The van der Waals surface area contributed by atoms with Crippen molar-refractivity contribution in [3.8, 4) is 0 Å². The highest BCUT2D eigenvalue weighted by Crippen LogP contribution is 2.20. The van der Waals surface area contributed by atoms with E-state index in [-0.39, 0.29) is 12.5 Å². The maximum atomic E-state index is 12.2. The van der Waals surface area contributed by atoms with E-state index in [1.165, 1.54) is 6.26 Å². The molecule has 1 aromatic heterocycles. The summed E-state index contributed by atoms with van der Waals surface area (Å²) in [6.07, 6.45) is 1.65. The Balaban J connectivity index is 1.93. The van der Waals surface area contributed by atoms with Crippen molar-refractivity contribution in [3.63, 3.8) is 0 Å². The number of hydrogen-bond acceptors (Lipinski definition) is 4. The van der Waals surface area contributed by atoms with Gasteiger partial charge in [-0.05, 0) is 18.4 Å². The largest absolute Gasteiger partial charge is 0.480 e. The molecular formula is C17H20N2O5. The number of para-hydroxylation sites is 1. The molecule has 7 nitrogen and oxygen atoms in total. The van der Waals surface area contributed by atoms with Gasteiger partial charge in [-0.1, -0.05) is 32.0 Å². The number of fused-ring (bicyclic) bond motifs is 1. The number of hydrogen-bond donors (Lipinski definition) is 3. The molecule has 0 unspecified atom stereocenters. The van der Waals surface area contributed by atoms with Crippen molar-refractivity contribution < 1.29 is 23.9 Å². The predicted octanol–water partition coefficient (Wildman–Crippen LogP) is 1.78. The lowest BCUT2D eigenvalue weighted by molar-refractivity contribution is -0.142. The van der Waals surface area contributed by atoms with Crippen LogP contribution in [0, 0.1) is 5.92 Å². The van der Waals surface area contributed by atoms with Crippen molar-refractivity contribution in [3.05, 3.63) is 36.1 Å². The van der Waals surface area contributed by atoms with Gasteiger partial charge < -0.3 is 20.2 Å². The summed E-state index contributed by atoms with van der Waals surface area (Å²) in [6, 6.07) is 6.09. The van der Waals surface area contributed by atoms with Crippen LogP contribution in [-0.4, -0.2) is 35.5 Å². The van der Waals surface area contributed by atoms with Crippen LogP contribution in [-0.2, 0) is 9.59 Å². The van der Waals surface area contributed by atoms with Crippen LogP contribution in [0.15, 0.2) is 34.9 Å². The second-order valence-electron chi connectivity index (χ2n) is 5.92. The zero-order valence-corrected chi connectivity index (χ0v) is 13.5. The minimum Gasteiger partial charge on any atom is -0.480 e. The average molecular weight is 332 g/mol. The molecule has 0 aliphatic rings. The first-order chi connectivity index (χ1) is 11.4. The summed E-state index contributed by atoms with van der Waals surface area (Å²) in [5, 5.41) is 14.6. The van der Waals surface area contributed by atoms with Crippen LogP contribution in [0.3, 0.4) is 0 Å². The Bertz CT molecular complexity index is 750. The highest BCUT2D eigenvalue weighted by molar-refractivity contribution is 6.06. The lowest BCUT2D eigenvalue weighted by Crippen LogP contribution is -2.46. The van der Waals surface area contributed by atoms with E-state index in [1.54, 1.807) is 24.3 Å². The van der Waals surface area contributed by atoms with Gasteiger partial charge in [0, 0.05) is 5.39 Å². The highest BCUT2D eigenvalue weighted by Gasteiger charge is 2.21. The van der Waals surface area contributed by atoms with E-state index in [4.69, 9.17) is 9.52 Å². The smallest absolute Gasteiger partial charge is 0.326 e. The van der Waals surface area contributed by atoms with Gasteiger partial charge in [0.25, 0.3) is 5.91 Å². The Hall–Kier alpha value is -2.83. The SMILES string of the molecule is CC(C)C[C@H](NC(=O)CNC(=O)c1coc2ccccc12)C(=O)O. The topological polar surface area (TPSA) is 109 Å². The molecule has 24 heavy (non-hydrogen) atoms. The minimum atomic E-state index is -1.09. The molecule has 0 bridgehead atoms. The third kappa shape index (κ3) is 4.34. The van der Waals surface area contributed by atoms with Gasteiger partial charge in [0.1, 0.15) is 17.9 Å². The first kappa shape index (κ1) is 17.5. The van der Waals surface area contributed by atoms with Crippen LogP contribution in [0.5, 0.6) is 0 Å². The summed E-state index contributed by atoms with van der Waals surface area (Å²) < 4.78 is 5.28. The number of amides is 2. The first-order valence-corrected chi connectivity index (χ1v) is 7.65. The molecule has 2 aromatic rings. The Morgan fingerprint density at radius 3 is 2.58 bits per heavy atom. The fourth-order valence-electron chi connectivity index (χ4n) is 2.35. The Morgan fingerprint density at radius 1 is 1.21 bits per heavy atom. The Morgan fingerprint density at radius 2 is 1.92 bits per heavy atom. The molecule has 0 spiro atoms. The van der Waals surface area contributed by atoms with E-state index in [9.17, 15) is 14.4 Å². The van der Waals surface area contributed by atoms with Gasteiger partial charge in [-0.15, -0.1) is 0 Å². The molecular weight excluding hydrogens is 312 g/mol. The fraction of sp³-hybridized carbons (Fsp3) is 0.353. The second-order valence-corrected chi connectivity index (χ2v) is 5.92. The van der Waals surface area contributed by atoms with E-state index < -0.39 is 23.8 Å². The number of carboxylic acid groups (broad SMARTS) is 1. The maximum Gasteiger partial charge on any atom is 0.326 e. The number of rotatable bonds is 7. The maximum absolute atomic E-state index is 12.2. The van der Waals surface area contributed by atoms with Crippen molar-refractivity contribution in [2.24, 2.45) is 5.92 Å². The molecule has 1 heterocycles. The van der Waals surface area contributed by atoms with Crippen LogP contribution in [0.1, 0.15) is 30.6 Å². The normalized spacial score (nSPS) is 12.1. The van der Waals surface area contributed by atoms with Crippen LogP contribution >= 0.6 is 0 Å². The number of carbonyl (C=O) groups is 3. The Labute approximate surface area is 139 Å². The third-order valence-electron chi connectivity index (χ3n) is 3.48. The van der Waals surface area contributed by atoms with Gasteiger partial charge in [-0.3, -0.25) is 9.59 Å². The van der Waals surface area contributed by atoms with Crippen molar-refractivity contribution in [2.75, 3.05) is 6.54 Å². The van der Waals surface area contributed by atoms with Crippen molar-refractivity contribution in [1.82, 2.24) is 10.6 Å². The van der Waals surface area contributed by atoms with Crippen LogP contribution in [0.4, 0.5) is 0 Å². The van der Waals surface area contributed by atoms with Gasteiger partial charge in [0.2, 0.25) is 5.91 Å². The summed E-state index contributed by atoms with van der Waals surface area (Å²) in [5.41, 5.74) is 0.908. The molecule has 3 N–H and O–H groups in total. The molecule has 0 radical (unpaired) electrons. The first-order valence-electron chi connectivity index (χ1n) is 7.65. The average Bonchev–Trinajstić information content (AvgIpc) is 2.95. The molecule has 2 rings (SSSR count). The third-order valence-corrected chi connectivity index (χ3v) is 3.48. The lowest BCUT2D eigenvalue weighted by atomic mass is 10.0. The van der Waals surface area contributed by atoms with Crippen molar-refractivity contribution in [1.29, 1.82) is 0 Å². The second kappa shape index (κ2) is 7.63. The summed E-state index contributed by atoms with van der Waals surface area (Å²) >= 11 is 0. The highest BCUT2D eigenvalue weighted by atomic mass is 16.4. The molecule has 0 fully saturated rings. The molecule has 2 amide bonds. The molecule has 128 valence electrons. The zero-order chi connectivity index (χ0) is 17.7. The van der Waals surface area contributed by atoms with Crippen molar-refractivity contribution in [2.45, 2.75) is 26.3 Å². The standard InChI is InChI=1S/C17H20N2O5/c1-10(2)7-13(17(22)23)19-15(20)8-18-16(21)12-9-24-14-6-4-3-5-11(12)14/h3-6,9-10,13H,7-8H2,1-2H3,(H,18,21)(H,19,20)(H,22,23)/t13-/m0/s1. The summed E-state index contributed by atoms with van der Waals surface area (Å²) in [7, 11) is 0. The Kier molecular flexibility index (Phi) is 5.57. The summed E-state index contributed by atoms with van der Waals surface area (Å²) in [5.74, 6) is -1.97. The van der Waals surface area contributed by atoms with E-state index >= 15 is 0 Å². The number of aliphatic carboxylic acids is 1. The monoisotopic (exact) mass is 332 g/mol. The molecule has 1 atom stereocenters. The summed E-state index contributed by atoms with van der Waals surface area (Å²) in [4.78, 5) is 35.1. The number of carboxylic acids is 1. The number of benzene rings is 1. The van der Waals surface area contributed by atoms with Crippen molar-refractivity contribution >= 4 is 28.8 Å². The molecule has 0 saturated heterocycles. The van der Waals surface area contributed by atoms with Gasteiger partial charge in [0.05, 0.1) is 12.1 Å². The zero-order valence-electron chi connectivity index (χ0n) is 13.5. The minimum absolute atomic E-state index is 0.123. The van der Waals surface area contributed by atoms with Gasteiger partial charge in [0.15, 0.2) is 0 Å². The van der Waals surface area contributed by atoms with Gasteiger partial charge in [-0.2, -0.15) is 0 Å². The van der Waals surface area contributed by atoms with E-state index in [0.29, 0.717) is 23.0 Å². The number of furan rings is 1. The molecule has 0 aliphatic heterocycles. The van der Waals surface area contributed by atoms with E-state index in [1.807, 2.05) is 13.8 Å². The van der Waals surface area contributed by atoms with Crippen LogP contribution in [0.2, 0.25) is 0 Å². The molecule has 0 saturated carbocycles. The number of nitrogens with one attached hydrogen (secondary N) is 2.